The Balaban J connectivity index is 2.02. The van der Waals surface area contributed by atoms with Gasteiger partial charge in [-0.1, -0.05) is 41.9 Å². The zero-order chi connectivity index (χ0) is 16.3. The summed E-state index contributed by atoms with van der Waals surface area (Å²) in [5.41, 5.74) is 0.527. The van der Waals surface area contributed by atoms with Gasteiger partial charge in [-0.05, 0) is 42.9 Å². The van der Waals surface area contributed by atoms with Crippen molar-refractivity contribution in [2.75, 3.05) is 0 Å². The fourth-order valence-electron chi connectivity index (χ4n) is 2.95. The van der Waals surface area contributed by atoms with Crippen molar-refractivity contribution in [1.82, 2.24) is 5.32 Å². The van der Waals surface area contributed by atoms with E-state index in [1.54, 1.807) is 0 Å². The number of hydrogen-bond donors (Lipinski definition) is 2. The molecule has 2 N–H and O–H groups in total. The van der Waals surface area contributed by atoms with Gasteiger partial charge in [0.15, 0.2) is 0 Å². The van der Waals surface area contributed by atoms with E-state index in [1.165, 1.54) is 0 Å². The standard InChI is InChI=1S/C17H22BrNO3/c1-3-17(4-2,10-15(20)21)19-16(22)14-9-13(14)11-6-5-7-12(18)8-11/h5-8,13-14H,3-4,9-10H2,1-2H3,(H,19,22)(H,20,21). The maximum absolute atomic E-state index is 12.5. The Morgan fingerprint density at radius 3 is 2.59 bits per heavy atom. The maximum atomic E-state index is 12.5. The summed E-state index contributed by atoms with van der Waals surface area (Å²) in [5, 5.41) is 12.1. The molecule has 2 rings (SSSR count). The zero-order valence-corrected chi connectivity index (χ0v) is 14.5. The number of carbonyl (C=O) groups is 2. The van der Waals surface area contributed by atoms with E-state index < -0.39 is 11.5 Å². The smallest absolute Gasteiger partial charge is 0.305 e. The number of carboxylic acid groups (broad SMARTS) is 1. The maximum Gasteiger partial charge on any atom is 0.305 e. The summed E-state index contributed by atoms with van der Waals surface area (Å²) in [7, 11) is 0. The molecule has 1 aliphatic rings. The van der Waals surface area contributed by atoms with E-state index in [0.717, 1.165) is 16.5 Å². The minimum atomic E-state index is -0.872. The molecule has 2 atom stereocenters. The number of benzene rings is 1. The van der Waals surface area contributed by atoms with Crippen molar-refractivity contribution < 1.29 is 14.7 Å². The summed E-state index contributed by atoms with van der Waals surface area (Å²) < 4.78 is 1.01. The third kappa shape index (κ3) is 3.88. The van der Waals surface area contributed by atoms with Crippen LogP contribution in [0.2, 0.25) is 0 Å². The normalized spacial score (nSPS) is 20.5. The first-order valence-corrected chi connectivity index (χ1v) is 8.49. The molecule has 1 aliphatic carbocycles. The van der Waals surface area contributed by atoms with Crippen LogP contribution < -0.4 is 5.32 Å². The molecule has 0 bridgehead atoms. The van der Waals surface area contributed by atoms with E-state index in [-0.39, 0.29) is 24.2 Å². The van der Waals surface area contributed by atoms with Gasteiger partial charge in [-0.3, -0.25) is 9.59 Å². The largest absolute Gasteiger partial charge is 0.481 e. The van der Waals surface area contributed by atoms with Crippen molar-refractivity contribution >= 4 is 27.8 Å². The summed E-state index contributed by atoms with van der Waals surface area (Å²) in [6.45, 7) is 3.84. The van der Waals surface area contributed by atoms with Gasteiger partial charge < -0.3 is 10.4 Å². The molecule has 5 heteroatoms. The van der Waals surface area contributed by atoms with Gasteiger partial charge >= 0.3 is 5.97 Å². The van der Waals surface area contributed by atoms with Crippen molar-refractivity contribution in [2.24, 2.45) is 5.92 Å². The predicted molar refractivity (Wildman–Crippen MR) is 88.7 cm³/mol. The molecule has 0 saturated heterocycles. The van der Waals surface area contributed by atoms with Crippen LogP contribution in [0.15, 0.2) is 28.7 Å². The SMILES string of the molecule is CCC(CC)(CC(=O)O)NC(=O)C1CC1c1cccc(Br)c1. The number of hydrogen-bond acceptors (Lipinski definition) is 2. The molecule has 120 valence electrons. The van der Waals surface area contributed by atoms with Gasteiger partial charge in [0.1, 0.15) is 0 Å². The van der Waals surface area contributed by atoms with Gasteiger partial charge in [0.2, 0.25) is 5.91 Å². The van der Waals surface area contributed by atoms with Crippen LogP contribution in [0.5, 0.6) is 0 Å². The minimum absolute atomic E-state index is 0.0186. The van der Waals surface area contributed by atoms with Gasteiger partial charge in [-0.15, -0.1) is 0 Å². The number of halogens is 1. The van der Waals surface area contributed by atoms with Crippen molar-refractivity contribution in [2.45, 2.75) is 51.0 Å². The second-order valence-electron chi connectivity index (χ2n) is 6.05. The van der Waals surface area contributed by atoms with Crippen LogP contribution >= 0.6 is 15.9 Å². The Morgan fingerprint density at radius 2 is 2.05 bits per heavy atom. The first-order chi connectivity index (χ1) is 10.4. The predicted octanol–water partition coefficient (Wildman–Crippen LogP) is 3.70. The highest BCUT2D eigenvalue weighted by Gasteiger charge is 2.46. The Kier molecular flexibility index (Phi) is 5.27. The van der Waals surface area contributed by atoms with Crippen LogP contribution in [0.4, 0.5) is 0 Å². The summed E-state index contributed by atoms with van der Waals surface area (Å²) in [5.74, 6) is -0.687. The van der Waals surface area contributed by atoms with Crippen LogP contribution in [0.3, 0.4) is 0 Å². The van der Waals surface area contributed by atoms with E-state index in [2.05, 4.69) is 21.2 Å². The van der Waals surface area contributed by atoms with Crippen LogP contribution in [0.1, 0.15) is 51.0 Å². The minimum Gasteiger partial charge on any atom is -0.481 e. The summed E-state index contributed by atoms with van der Waals surface area (Å²) in [6.07, 6.45) is 2.05. The van der Waals surface area contributed by atoms with Gasteiger partial charge in [-0.25, -0.2) is 0 Å². The third-order valence-electron chi connectivity index (χ3n) is 4.64. The van der Waals surface area contributed by atoms with Crippen LogP contribution in [0.25, 0.3) is 0 Å². The van der Waals surface area contributed by atoms with Gasteiger partial charge in [0, 0.05) is 15.9 Å². The Bertz CT molecular complexity index is 569. The van der Waals surface area contributed by atoms with E-state index in [1.807, 2.05) is 38.1 Å². The Hall–Kier alpha value is -1.36. The molecule has 1 aromatic carbocycles. The second kappa shape index (κ2) is 6.82. The summed E-state index contributed by atoms with van der Waals surface area (Å²) in [6, 6.07) is 8.02. The lowest BCUT2D eigenvalue weighted by Gasteiger charge is -2.31. The van der Waals surface area contributed by atoms with Crippen molar-refractivity contribution in [3.63, 3.8) is 0 Å². The van der Waals surface area contributed by atoms with E-state index >= 15 is 0 Å². The highest BCUT2D eigenvalue weighted by molar-refractivity contribution is 9.10. The van der Waals surface area contributed by atoms with Crippen LogP contribution in [-0.2, 0) is 9.59 Å². The number of carboxylic acids is 1. The van der Waals surface area contributed by atoms with Gasteiger partial charge in [-0.2, -0.15) is 0 Å². The van der Waals surface area contributed by atoms with E-state index in [9.17, 15) is 9.59 Å². The molecule has 0 radical (unpaired) electrons. The third-order valence-corrected chi connectivity index (χ3v) is 5.13. The first kappa shape index (κ1) is 17.0. The number of amides is 1. The molecule has 1 saturated carbocycles. The lowest BCUT2D eigenvalue weighted by atomic mass is 9.88. The monoisotopic (exact) mass is 367 g/mol. The molecule has 0 heterocycles. The number of rotatable bonds is 7. The average molecular weight is 368 g/mol. The number of aliphatic carboxylic acids is 1. The molecule has 0 spiro atoms. The summed E-state index contributed by atoms with van der Waals surface area (Å²) >= 11 is 3.45. The lowest BCUT2D eigenvalue weighted by molar-refractivity contribution is -0.139. The Morgan fingerprint density at radius 1 is 1.36 bits per heavy atom. The molecule has 1 aromatic rings. The van der Waals surface area contributed by atoms with Gasteiger partial charge in [0.05, 0.1) is 6.42 Å². The quantitative estimate of drug-likeness (QED) is 0.771. The molecule has 1 fully saturated rings. The Labute approximate surface area is 139 Å². The number of carbonyl (C=O) groups excluding carboxylic acids is 1. The van der Waals surface area contributed by atoms with Crippen LogP contribution in [0, 0.1) is 5.92 Å². The van der Waals surface area contributed by atoms with E-state index in [0.29, 0.717) is 12.8 Å². The molecule has 0 aromatic heterocycles. The zero-order valence-electron chi connectivity index (χ0n) is 12.9. The van der Waals surface area contributed by atoms with Crippen molar-refractivity contribution in [3.05, 3.63) is 34.3 Å². The molecule has 22 heavy (non-hydrogen) atoms. The molecular weight excluding hydrogens is 346 g/mol. The van der Waals surface area contributed by atoms with Gasteiger partial charge in [0.25, 0.3) is 0 Å². The first-order valence-electron chi connectivity index (χ1n) is 7.70. The molecule has 4 nitrogen and oxygen atoms in total. The highest BCUT2D eigenvalue weighted by Crippen LogP contribution is 2.48. The average Bonchev–Trinajstić information content (AvgIpc) is 3.26. The molecule has 0 aliphatic heterocycles. The molecule has 1 amide bonds. The highest BCUT2D eigenvalue weighted by atomic mass is 79.9. The fourth-order valence-corrected chi connectivity index (χ4v) is 3.37. The van der Waals surface area contributed by atoms with Crippen molar-refractivity contribution in [1.29, 1.82) is 0 Å². The lowest BCUT2D eigenvalue weighted by Crippen LogP contribution is -2.49. The fraction of sp³-hybridized carbons (Fsp3) is 0.529. The molecule has 2 unspecified atom stereocenters. The van der Waals surface area contributed by atoms with Crippen LogP contribution in [-0.4, -0.2) is 22.5 Å². The number of nitrogens with one attached hydrogen (secondary N) is 1. The summed E-state index contributed by atoms with van der Waals surface area (Å²) in [4.78, 5) is 23.5. The molecular formula is C17H22BrNO3. The van der Waals surface area contributed by atoms with Crippen molar-refractivity contribution in [3.8, 4) is 0 Å². The van der Waals surface area contributed by atoms with E-state index in [4.69, 9.17) is 5.11 Å². The topological polar surface area (TPSA) is 66.4 Å². The second-order valence-corrected chi connectivity index (χ2v) is 6.97.